The first-order chi connectivity index (χ1) is 14.1. The molecule has 0 bridgehead atoms. The zero-order valence-corrected chi connectivity index (χ0v) is 19.0. The summed E-state index contributed by atoms with van der Waals surface area (Å²) in [5, 5.41) is 12.5. The normalized spacial score (nSPS) is 13.9. The van der Waals surface area contributed by atoms with E-state index in [0.29, 0.717) is 0 Å². The average molecular weight is 432 g/mol. The van der Waals surface area contributed by atoms with Crippen molar-refractivity contribution in [3.63, 3.8) is 0 Å². The van der Waals surface area contributed by atoms with Crippen molar-refractivity contribution < 1.29 is 24.5 Å². The Bertz CT molecular complexity index is 798. The van der Waals surface area contributed by atoms with Crippen LogP contribution >= 0.6 is 0 Å². The van der Waals surface area contributed by atoms with Crippen LogP contribution in [-0.4, -0.2) is 31.8 Å². The standard InChI is InChI=1S/C22H29NO6Si/c1-17(21(28-23(25)26)16-27-29-18(2)24)30(22(3,4)5,19-12-8-6-9-13-19)20-14-10-7-11-15-20/h6-15,17,21H,16H2,1-5H3/t17?,21-/m0/s1. The van der Waals surface area contributed by atoms with Crippen LogP contribution in [0.4, 0.5) is 0 Å². The molecule has 0 aromatic heterocycles. The van der Waals surface area contributed by atoms with E-state index in [1.807, 2.05) is 43.3 Å². The van der Waals surface area contributed by atoms with Crippen LogP contribution in [0.5, 0.6) is 0 Å². The predicted octanol–water partition coefficient (Wildman–Crippen LogP) is 3.51. The second kappa shape index (κ2) is 9.86. The Hall–Kier alpha value is -2.71. The molecule has 0 radical (unpaired) electrons. The van der Waals surface area contributed by atoms with Gasteiger partial charge in [0.25, 0.3) is 5.09 Å². The van der Waals surface area contributed by atoms with E-state index < -0.39 is 25.2 Å². The third-order valence-corrected chi connectivity index (χ3v) is 12.1. The Labute approximate surface area is 178 Å². The smallest absolute Gasteiger partial charge is 0.308 e. The van der Waals surface area contributed by atoms with Gasteiger partial charge >= 0.3 is 5.97 Å². The first kappa shape index (κ1) is 23.6. The molecule has 2 rings (SSSR count). The molecule has 0 aliphatic carbocycles. The molecule has 2 atom stereocenters. The highest BCUT2D eigenvalue weighted by Crippen LogP contribution is 2.45. The van der Waals surface area contributed by atoms with Gasteiger partial charge in [0.15, 0.2) is 0 Å². The number of benzene rings is 2. The molecule has 0 fully saturated rings. The summed E-state index contributed by atoms with van der Waals surface area (Å²) in [6.07, 6.45) is -0.925. The second-order valence-electron chi connectivity index (χ2n) is 8.31. The summed E-state index contributed by atoms with van der Waals surface area (Å²) in [4.78, 5) is 37.1. The third kappa shape index (κ3) is 5.06. The lowest BCUT2D eigenvalue weighted by atomic mass is 10.2. The summed E-state index contributed by atoms with van der Waals surface area (Å²) in [5.41, 5.74) is -0.289. The first-order valence-corrected chi connectivity index (χ1v) is 11.9. The minimum Gasteiger partial charge on any atom is -0.308 e. The van der Waals surface area contributed by atoms with Gasteiger partial charge in [-0.15, -0.1) is 10.1 Å². The summed E-state index contributed by atoms with van der Waals surface area (Å²) in [5.74, 6) is -0.632. The van der Waals surface area contributed by atoms with Crippen LogP contribution in [0.15, 0.2) is 60.7 Å². The Morgan fingerprint density at radius 1 is 1.03 bits per heavy atom. The molecule has 2 aromatic rings. The van der Waals surface area contributed by atoms with Gasteiger partial charge in [-0.05, 0) is 10.6 Å². The Morgan fingerprint density at radius 3 is 1.87 bits per heavy atom. The van der Waals surface area contributed by atoms with Gasteiger partial charge in [-0.2, -0.15) is 4.89 Å². The van der Waals surface area contributed by atoms with Crippen molar-refractivity contribution >= 4 is 24.4 Å². The van der Waals surface area contributed by atoms with E-state index >= 15 is 0 Å². The van der Waals surface area contributed by atoms with Gasteiger partial charge in [-0.3, -0.25) is 4.89 Å². The molecule has 8 heteroatoms. The molecule has 0 saturated carbocycles. The molecule has 0 spiro atoms. The maximum atomic E-state index is 11.3. The lowest BCUT2D eigenvalue weighted by Crippen LogP contribution is -2.69. The number of hydrogen-bond acceptors (Lipinski definition) is 6. The highest BCUT2D eigenvalue weighted by Gasteiger charge is 2.54. The summed E-state index contributed by atoms with van der Waals surface area (Å²) in [6, 6.07) is 20.2. The van der Waals surface area contributed by atoms with Crippen LogP contribution in [0.25, 0.3) is 0 Å². The molecule has 7 nitrogen and oxygen atoms in total. The molecule has 0 saturated heterocycles. The summed E-state index contributed by atoms with van der Waals surface area (Å²) < 4.78 is 0. The third-order valence-electron chi connectivity index (χ3n) is 5.51. The highest BCUT2D eigenvalue weighted by atomic mass is 28.3. The van der Waals surface area contributed by atoms with E-state index in [1.54, 1.807) is 0 Å². The van der Waals surface area contributed by atoms with Gasteiger partial charge in [-0.25, -0.2) is 4.79 Å². The number of carbonyl (C=O) groups excluding carboxylic acids is 1. The quantitative estimate of drug-likeness (QED) is 0.261. The maximum Gasteiger partial charge on any atom is 0.339 e. The zero-order chi connectivity index (χ0) is 22.4. The molecule has 0 aliphatic rings. The van der Waals surface area contributed by atoms with Gasteiger partial charge < -0.3 is 4.84 Å². The fourth-order valence-corrected chi connectivity index (χ4v) is 11.1. The average Bonchev–Trinajstić information content (AvgIpc) is 2.67. The van der Waals surface area contributed by atoms with E-state index in [1.165, 1.54) is 6.92 Å². The Morgan fingerprint density at radius 2 is 1.50 bits per heavy atom. The molecular formula is C22H29NO6Si. The van der Waals surface area contributed by atoms with Crippen LogP contribution in [-0.2, 0) is 19.4 Å². The van der Waals surface area contributed by atoms with E-state index in [2.05, 4.69) is 49.9 Å². The number of hydrogen-bond donors (Lipinski definition) is 0. The lowest BCUT2D eigenvalue weighted by Gasteiger charge is -2.49. The van der Waals surface area contributed by atoms with Gasteiger partial charge in [0.05, 0.1) is 0 Å². The van der Waals surface area contributed by atoms with Crippen molar-refractivity contribution in [3.8, 4) is 0 Å². The number of nitrogens with zero attached hydrogens (tertiary/aromatic N) is 1. The van der Waals surface area contributed by atoms with Crippen LogP contribution < -0.4 is 10.4 Å². The van der Waals surface area contributed by atoms with E-state index in [4.69, 9.17) is 9.73 Å². The SMILES string of the molecule is CC(=O)OOC[C@H](O[N+](=O)[O-])C(C)[Si](c1ccccc1)(c1ccccc1)C(C)(C)C. The largest absolute Gasteiger partial charge is 0.339 e. The zero-order valence-electron chi connectivity index (χ0n) is 18.0. The Kier molecular flexibility index (Phi) is 7.75. The Balaban J connectivity index is 2.66. The fraction of sp³-hybridized carbons (Fsp3) is 0.409. The van der Waals surface area contributed by atoms with Crippen LogP contribution in [0.3, 0.4) is 0 Å². The minimum atomic E-state index is -2.71. The molecule has 0 heterocycles. The monoisotopic (exact) mass is 431 g/mol. The van der Waals surface area contributed by atoms with Gasteiger partial charge in [0.2, 0.25) is 0 Å². The van der Waals surface area contributed by atoms with Gasteiger partial charge in [0.1, 0.15) is 20.8 Å². The predicted molar refractivity (Wildman–Crippen MR) is 117 cm³/mol. The molecule has 0 aliphatic heterocycles. The molecule has 162 valence electrons. The molecule has 0 amide bonds. The lowest BCUT2D eigenvalue weighted by molar-refractivity contribution is -0.769. The van der Waals surface area contributed by atoms with Crippen molar-refractivity contribution in [2.45, 2.75) is 51.3 Å². The van der Waals surface area contributed by atoms with Crippen molar-refractivity contribution in [2.24, 2.45) is 0 Å². The molecule has 30 heavy (non-hydrogen) atoms. The van der Waals surface area contributed by atoms with Crippen LogP contribution in [0.2, 0.25) is 10.6 Å². The topological polar surface area (TPSA) is 87.9 Å². The summed E-state index contributed by atoms with van der Waals surface area (Å²) >= 11 is 0. The number of carbonyl (C=O) groups is 1. The maximum absolute atomic E-state index is 11.3. The molecule has 0 N–H and O–H groups in total. The van der Waals surface area contributed by atoms with Crippen molar-refractivity contribution in [1.82, 2.24) is 0 Å². The van der Waals surface area contributed by atoms with E-state index in [0.717, 1.165) is 10.4 Å². The second-order valence-corrected chi connectivity index (χ2v) is 13.5. The van der Waals surface area contributed by atoms with Crippen LogP contribution in [0, 0.1) is 10.1 Å². The summed E-state index contributed by atoms with van der Waals surface area (Å²) in [6.45, 7) is 9.40. The van der Waals surface area contributed by atoms with Gasteiger partial charge in [0, 0.05) is 6.92 Å². The van der Waals surface area contributed by atoms with Gasteiger partial charge in [-0.1, -0.05) is 98.7 Å². The van der Waals surface area contributed by atoms with Crippen molar-refractivity contribution in [1.29, 1.82) is 0 Å². The molecular weight excluding hydrogens is 402 g/mol. The molecule has 2 aromatic carbocycles. The minimum absolute atomic E-state index is 0.227. The highest BCUT2D eigenvalue weighted by molar-refractivity contribution is 7.05. The van der Waals surface area contributed by atoms with Crippen molar-refractivity contribution in [3.05, 3.63) is 70.8 Å². The fourth-order valence-electron chi connectivity index (χ4n) is 4.48. The van der Waals surface area contributed by atoms with E-state index in [-0.39, 0.29) is 17.2 Å². The molecule has 1 unspecified atom stereocenters. The van der Waals surface area contributed by atoms with Crippen molar-refractivity contribution in [2.75, 3.05) is 6.61 Å². The van der Waals surface area contributed by atoms with E-state index in [9.17, 15) is 14.9 Å². The van der Waals surface area contributed by atoms with Crippen LogP contribution in [0.1, 0.15) is 34.6 Å². The summed E-state index contributed by atoms with van der Waals surface area (Å²) in [7, 11) is -2.71. The first-order valence-electron chi connectivity index (χ1n) is 9.83. The number of rotatable bonds is 9.